The zero-order chi connectivity index (χ0) is 26.0. The maximum atomic E-state index is 13.1. The Balaban J connectivity index is 1.54. The van der Waals surface area contributed by atoms with Gasteiger partial charge in [0.05, 0.1) is 34.4 Å². The largest absolute Gasteiger partial charge is 0.467 e. The van der Waals surface area contributed by atoms with Gasteiger partial charge in [0.1, 0.15) is 6.04 Å². The molecule has 1 aromatic heterocycles. The minimum Gasteiger partial charge on any atom is -0.467 e. The Morgan fingerprint density at radius 2 is 2.00 bits per heavy atom. The molecule has 2 aromatic carbocycles. The summed E-state index contributed by atoms with van der Waals surface area (Å²) in [7, 11) is 1.17. The highest BCUT2D eigenvalue weighted by atomic mass is 35.5. The molecule has 3 N–H and O–H groups in total. The smallest absolute Gasteiger partial charge is 0.330 e. The highest BCUT2D eigenvalue weighted by Crippen LogP contribution is 2.35. The van der Waals surface area contributed by atoms with Crippen LogP contribution in [0.2, 0.25) is 10.0 Å². The molecule has 0 unspecified atom stereocenters. The van der Waals surface area contributed by atoms with Crippen molar-refractivity contribution < 1.29 is 23.9 Å². The van der Waals surface area contributed by atoms with Gasteiger partial charge in [-0.2, -0.15) is 5.10 Å². The van der Waals surface area contributed by atoms with E-state index in [9.17, 15) is 19.2 Å². The van der Waals surface area contributed by atoms with Crippen LogP contribution in [0.5, 0.6) is 0 Å². The van der Waals surface area contributed by atoms with Crippen LogP contribution in [0.25, 0.3) is 10.9 Å². The fraction of sp³-hybridized carbons (Fsp3) is 0.292. The molecule has 0 fully saturated rings. The van der Waals surface area contributed by atoms with E-state index in [4.69, 9.17) is 27.9 Å². The van der Waals surface area contributed by atoms with Crippen molar-refractivity contribution in [3.05, 3.63) is 62.8 Å². The van der Waals surface area contributed by atoms with Crippen molar-refractivity contribution in [3.63, 3.8) is 0 Å². The van der Waals surface area contributed by atoms with Gasteiger partial charge in [0, 0.05) is 37.5 Å². The second kappa shape index (κ2) is 10.5. The molecule has 2 heterocycles. The lowest BCUT2D eigenvalue weighted by Gasteiger charge is -2.30. The summed E-state index contributed by atoms with van der Waals surface area (Å²) < 4.78 is 4.71. The average molecular weight is 532 g/mol. The molecule has 0 radical (unpaired) electrons. The molecule has 0 saturated heterocycles. The van der Waals surface area contributed by atoms with Crippen molar-refractivity contribution in [2.45, 2.75) is 25.9 Å². The zero-order valence-corrected chi connectivity index (χ0v) is 21.0. The van der Waals surface area contributed by atoms with Crippen LogP contribution in [0.4, 0.5) is 0 Å². The number of esters is 1. The van der Waals surface area contributed by atoms with Gasteiger partial charge in [-0.1, -0.05) is 29.3 Å². The third-order valence-electron chi connectivity index (χ3n) is 5.95. The van der Waals surface area contributed by atoms with Crippen molar-refractivity contribution >= 4 is 57.8 Å². The quantitative estimate of drug-likeness (QED) is 0.418. The standard InChI is InChI=1S/C24H23Cl2N5O5/c1-12(32)27-10-19(24(35)36-2)29-22(33)20-17(25)7-15-11-31(6-5-16(15)21(20)26)23(34)13-3-4-14-9-28-30-18(14)8-13/h3-4,7-9,19H,5-6,10-11H2,1-2H3,(H,27,32)(H,28,30)(H,29,33)/t19-/m0/s1. The summed E-state index contributed by atoms with van der Waals surface area (Å²) in [5, 5.41) is 13.0. The monoisotopic (exact) mass is 531 g/mol. The van der Waals surface area contributed by atoms with E-state index in [2.05, 4.69) is 20.8 Å². The Morgan fingerprint density at radius 1 is 1.22 bits per heavy atom. The van der Waals surface area contributed by atoms with E-state index in [0.717, 1.165) is 16.5 Å². The van der Waals surface area contributed by atoms with E-state index in [-0.39, 0.29) is 40.5 Å². The Morgan fingerprint density at radius 3 is 2.72 bits per heavy atom. The topological polar surface area (TPSA) is 133 Å². The van der Waals surface area contributed by atoms with Gasteiger partial charge in [-0.05, 0) is 35.7 Å². The summed E-state index contributed by atoms with van der Waals surface area (Å²) in [6.45, 7) is 1.79. The second-order valence-corrected chi connectivity index (χ2v) is 9.11. The Hall–Kier alpha value is -3.63. The molecule has 3 aromatic rings. The van der Waals surface area contributed by atoms with Crippen molar-refractivity contribution in [1.29, 1.82) is 0 Å². The van der Waals surface area contributed by atoms with Crippen LogP contribution in [-0.2, 0) is 27.3 Å². The Bertz CT molecular complexity index is 1370. The lowest BCUT2D eigenvalue weighted by Crippen LogP contribution is -2.48. The van der Waals surface area contributed by atoms with Crippen LogP contribution in [0.1, 0.15) is 38.8 Å². The predicted molar refractivity (Wildman–Crippen MR) is 133 cm³/mol. The number of halogens is 2. The molecular formula is C24H23Cl2N5O5. The number of amides is 3. The number of hydrogen-bond acceptors (Lipinski definition) is 6. The van der Waals surface area contributed by atoms with Gasteiger partial charge in [-0.15, -0.1) is 0 Å². The summed E-state index contributed by atoms with van der Waals surface area (Å²) in [4.78, 5) is 51.1. The third kappa shape index (κ3) is 5.14. The summed E-state index contributed by atoms with van der Waals surface area (Å²) in [6.07, 6.45) is 2.10. The molecule has 0 saturated carbocycles. The zero-order valence-electron chi connectivity index (χ0n) is 19.5. The molecule has 4 rings (SSSR count). The molecule has 1 atom stereocenters. The van der Waals surface area contributed by atoms with Crippen LogP contribution in [-0.4, -0.2) is 65.0 Å². The number of carbonyl (C=O) groups excluding carboxylic acids is 4. The van der Waals surface area contributed by atoms with E-state index < -0.39 is 17.9 Å². The number of benzene rings is 2. The lowest BCUT2D eigenvalue weighted by molar-refractivity contribution is -0.142. The normalized spacial score (nSPS) is 13.6. The Kier molecular flexibility index (Phi) is 7.46. The fourth-order valence-electron chi connectivity index (χ4n) is 4.10. The maximum Gasteiger partial charge on any atom is 0.330 e. The van der Waals surface area contributed by atoms with Gasteiger partial charge in [-0.3, -0.25) is 19.5 Å². The van der Waals surface area contributed by atoms with Crippen LogP contribution in [0.3, 0.4) is 0 Å². The third-order valence-corrected chi connectivity index (χ3v) is 6.67. The van der Waals surface area contributed by atoms with Crippen LogP contribution >= 0.6 is 23.2 Å². The number of H-pyrrole nitrogens is 1. The molecule has 36 heavy (non-hydrogen) atoms. The summed E-state index contributed by atoms with van der Waals surface area (Å²) in [5.41, 5.74) is 2.74. The molecule has 0 aliphatic carbocycles. The number of hydrogen-bond donors (Lipinski definition) is 3. The molecule has 0 spiro atoms. The summed E-state index contributed by atoms with van der Waals surface area (Å²) in [5.74, 6) is -1.93. The second-order valence-electron chi connectivity index (χ2n) is 8.32. The molecule has 1 aliphatic rings. The first-order chi connectivity index (χ1) is 17.2. The molecule has 1 aliphatic heterocycles. The van der Waals surface area contributed by atoms with Gasteiger partial charge in [0.2, 0.25) is 5.91 Å². The number of ether oxygens (including phenoxy) is 1. The molecule has 188 valence electrons. The van der Waals surface area contributed by atoms with Crippen molar-refractivity contribution in [2.75, 3.05) is 20.2 Å². The first-order valence-electron chi connectivity index (χ1n) is 11.0. The summed E-state index contributed by atoms with van der Waals surface area (Å²) in [6, 6.07) is 5.82. The molecule has 3 amide bonds. The van der Waals surface area contributed by atoms with E-state index >= 15 is 0 Å². The van der Waals surface area contributed by atoms with E-state index in [1.807, 2.05) is 6.07 Å². The SMILES string of the molecule is COC(=O)[C@H](CNC(C)=O)NC(=O)c1c(Cl)cc2c(c1Cl)CCN(C(=O)c1ccc3cn[nH]c3c1)C2. The van der Waals surface area contributed by atoms with Crippen LogP contribution in [0, 0.1) is 0 Å². The Labute approximate surface area is 216 Å². The highest BCUT2D eigenvalue weighted by molar-refractivity contribution is 6.40. The average Bonchev–Trinajstić information content (AvgIpc) is 3.33. The van der Waals surface area contributed by atoms with Crippen LogP contribution in [0.15, 0.2) is 30.5 Å². The fourth-order valence-corrected chi connectivity index (χ4v) is 4.86. The number of aromatic nitrogens is 2. The minimum absolute atomic E-state index is 0.0123. The molecule has 12 heteroatoms. The van der Waals surface area contributed by atoms with Crippen molar-refractivity contribution in [1.82, 2.24) is 25.7 Å². The molecular weight excluding hydrogens is 509 g/mol. The first kappa shape index (κ1) is 25.5. The molecule has 0 bridgehead atoms. The van der Waals surface area contributed by atoms with Gasteiger partial charge in [0.15, 0.2) is 0 Å². The molecule has 10 nitrogen and oxygen atoms in total. The minimum atomic E-state index is -1.13. The van der Waals surface area contributed by atoms with Crippen LogP contribution < -0.4 is 10.6 Å². The van der Waals surface area contributed by atoms with Gasteiger partial charge in [-0.25, -0.2) is 4.79 Å². The maximum absolute atomic E-state index is 13.1. The number of aromatic amines is 1. The van der Waals surface area contributed by atoms with Gasteiger partial charge >= 0.3 is 5.97 Å². The number of fused-ring (bicyclic) bond motifs is 2. The summed E-state index contributed by atoms with van der Waals surface area (Å²) >= 11 is 13.0. The van der Waals surface area contributed by atoms with Gasteiger partial charge in [0.25, 0.3) is 11.8 Å². The van der Waals surface area contributed by atoms with Gasteiger partial charge < -0.3 is 20.3 Å². The number of nitrogens with zero attached hydrogens (tertiary/aromatic N) is 2. The first-order valence-corrected chi connectivity index (χ1v) is 11.8. The number of nitrogens with one attached hydrogen (secondary N) is 3. The van der Waals surface area contributed by atoms with E-state index in [0.29, 0.717) is 24.1 Å². The highest BCUT2D eigenvalue weighted by Gasteiger charge is 2.30. The number of methoxy groups -OCH3 is 1. The van der Waals surface area contributed by atoms with Crippen molar-refractivity contribution in [2.24, 2.45) is 0 Å². The number of carbonyl (C=O) groups is 4. The number of rotatable bonds is 6. The lowest BCUT2D eigenvalue weighted by atomic mass is 9.95. The van der Waals surface area contributed by atoms with E-state index in [1.54, 1.807) is 29.3 Å². The van der Waals surface area contributed by atoms with Crippen molar-refractivity contribution in [3.8, 4) is 0 Å². The van der Waals surface area contributed by atoms with E-state index in [1.165, 1.54) is 14.0 Å². The predicted octanol–water partition coefficient (Wildman–Crippen LogP) is 2.48.